The molecule has 0 atom stereocenters. The van der Waals surface area contributed by atoms with Crippen LogP contribution in [0.2, 0.25) is 5.02 Å². The van der Waals surface area contributed by atoms with Crippen molar-refractivity contribution in [1.82, 2.24) is 5.32 Å². The van der Waals surface area contributed by atoms with Crippen molar-refractivity contribution >= 4 is 39.3 Å². The molecule has 0 heterocycles. The zero-order chi connectivity index (χ0) is 12.9. The molecule has 0 saturated carbocycles. The number of nitrogens with one attached hydrogen (secondary N) is 1. The fourth-order valence-electron chi connectivity index (χ4n) is 1.14. The van der Waals surface area contributed by atoms with Gasteiger partial charge in [-0.2, -0.15) is 13.2 Å². The molecule has 1 nitrogen and oxygen atoms in total. The molecule has 0 amide bonds. The van der Waals surface area contributed by atoms with Crippen molar-refractivity contribution in [2.24, 2.45) is 0 Å². The highest BCUT2D eigenvalue weighted by atomic mass is 79.9. The van der Waals surface area contributed by atoms with Crippen LogP contribution in [-0.2, 0) is 6.54 Å². The highest BCUT2D eigenvalue weighted by molar-refractivity contribution is 9.10. The number of hydrogen-bond donors (Lipinski definition) is 1. The van der Waals surface area contributed by atoms with E-state index in [4.69, 9.17) is 11.6 Å². The predicted octanol–water partition coefficient (Wildman–Crippen LogP) is 4.45. The molecule has 0 aliphatic heterocycles. The minimum absolute atomic E-state index is 0.00484. The summed E-state index contributed by atoms with van der Waals surface area (Å²) in [5.41, 5.74) is -3.30. The van der Waals surface area contributed by atoms with E-state index in [1.54, 1.807) is 6.07 Å². The summed E-state index contributed by atoms with van der Waals surface area (Å²) in [7, 11) is 0. The largest absolute Gasteiger partial charge is 0.441 e. The van der Waals surface area contributed by atoms with Gasteiger partial charge in [-0.3, -0.25) is 0 Å². The van der Waals surface area contributed by atoms with E-state index in [1.807, 2.05) is 12.1 Å². The van der Waals surface area contributed by atoms with Crippen LogP contribution in [0.1, 0.15) is 5.56 Å². The summed E-state index contributed by atoms with van der Waals surface area (Å²) in [4.78, 5) is 0. The van der Waals surface area contributed by atoms with E-state index >= 15 is 0 Å². The van der Waals surface area contributed by atoms with Gasteiger partial charge in [0.25, 0.3) is 0 Å². The van der Waals surface area contributed by atoms with Gasteiger partial charge in [-0.1, -0.05) is 27.5 Å². The molecule has 1 rings (SSSR count). The SMILES string of the molecule is FC(F)(F)SCCNCc1cc(Br)ccc1Cl. The molecule has 1 aromatic rings. The highest BCUT2D eigenvalue weighted by Gasteiger charge is 2.27. The van der Waals surface area contributed by atoms with Gasteiger partial charge in [-0.25, -0.2) is 0 Å². The van der Waals surface area contributed by atoms with Crippen molar-refractivity contribution in [3.8, 4) is 0 Å². The first-order valence-electron chi connectivity index (χ1n) is 4.74. The quantitative estimate of drug-likeness (QED) is 0.789. The summed E-state index contributed by atoms with van der Waals surface area (Å²) in [5, 5.41) is 3.52. The van der Waals surface area contributed by atoms with Gasteiger partial charge in [-0.05, 0) is 35.5 Å². The van der Waals surface area contributed by atoms with Crippen LogP contribution >= 0.6 is 39.3 Å². The molecule has 0 bridgehead atoms. The second-order valence-corrected chi connectivity index (χ2v) is 5.69. The van der Waals surface area contributed by atoms with Gasteiger partial charge < -0.3 is 5.32 Å². The van der Waals surface area contributed by atoms with Gasteiger partial charge in [0.05, 0.1) is 0 Å². The van der Waals surface area contributed by atoms with E-state index in [-0.39, 0.29) is 24.1 Å². The van der Waals surface area contributed by atoms with Crippen LogP contribution in [-0.4, -0.2) is 17.8 Å². The van der Waals surface area contributed by atoms with Gasteiger partial charge in [0.15, 0.2) is 0 Å². The molecule has 0 unspecified atom stereocenters. The Bertz CT molecular complexity index is 373. The molecule has 0 saturated heterocycles. The van der Waals surface area contributed by atoms with Gasteiger partial charge in [-0.15, -0.1) is 0 Å². The van der Waals surface area contributed by atoms with Gasteiger partial charge in [0.2, 0.25) is 0 Å². The number of hydrogen-bond acceptors (Lipinski definition) is 2. The Balaban J connectivity index is 2.29. The number of alkyl halides is 3. The predicted molar refractivity (Wildman–Crippen MR) is 69.4 cm³/mol. The molecule has 1 N–H and O–H groups in total. The Morgan fingerprint density at radius 2 is 2.06 bits per heavy atom. The molecule has 17 heavy (non-hydrogen) atoms. The normalized spacial score (nSPS) is 11.8. The number of rotatable bonds is 5. The summed E-state index contributed by atoms with van der Waals surface area (Å²) in [6, 6.07) is 5.39. The topological polar surface area (TPSA) is 12.0 Å². The molecule has 0 spiro atoms. The third kappa shape index (κ3) is 6.55. The maximum absolute atomic E-state index is 11.8. The number of thioether (sulfide) groups is 1. The van der Waals surface area contributed by atoms with Gasteiger partial charge in [0, 0.05) is 28.3 Å². The van der Waals surface area contributed by atoms with Crippen LogP contribution in [0.5, 0.6) is 0 Å². The maximum Gasteiger partial charge on any atom is 0.441 e. The van der Waals surface area contributed by atoms with Crippen molar-refractivity contribution in [2.45, 2.75) is 12.1 Å². The van der Waals surface area contributed by atoms with Crippen molar-refractivity contribution in [1.29, 1.82) is 0 Å². The fourth-order valence-corrected chi connectivity index (χ4v) is 2.21. The zero-order valence-electron chi connectivity index (χ0n) is 8.65. The molecule has 1 aromatic carbocycles. The summed E-state index contributed by atoms with van der Waals surface area (Å²) in [6.45, 7) is 0.740. The summed E-state index contributed by atoms with van der Waals surface area (Å²) in [5.74, 6) is -0.00484. The molecule has 0 aliphatic rings. The third-order valence-electron chi connectivity index (χ3n) is 1.87. The molecule has 7 heteroatoms. The van der Waals surface area contributed by atoms with E-state index in [9.17, 15) is 13.2 Å². The lowest BCUT2D eigenvalue weighted by molar-refractivity contribution is -0.0327. The first-order valence-corrected chi connectivity index (χ1v) is 6.89. The standard InChI is InChI=1S/C10H10BrClF3NS/c11-8-1-2-9(12)7(5-8)6-16-3-4-17-10(13,14)15/h1-2,5,16H,3-4,6H2. The van der Waals surface area contributed by atoms with Gasteiger partial charge >= 0.3 is 5.51 Å². The first-order chi connectivity index (χ1) is 7.88. The second-order valence-electron chi connectivity index (χ2n) is 3.21. The molecular weight excluding hydrogens is 339 g/mol. The minimum Gasteiger partial charge on any atom is -0.312 e. The molecule has 0 aliphatic carbocycles. The van der Waals surface area contributed by atoms with E-state index in [1.165, 1.54) is 0 Å². The summed E-state index contributed by atoms with van der Waals surface area (Å²) in [6.07, 6.45) is 0. The van der Waals surface area contributed by atoms with E-state index < -0.39 is 5.51 Å². The Morgan fingerprint density at radius 1 is 1.35 bits per heavy atom. The maximum atomic E-state index is 11.8. The van der Waals surface area contributed by atoms with E-state index in [2.05, 4.69) is 21.2 Å². The number of benzene rings is 1. The van der Waals surface area contributed by atoms with Crippen molar-refractivity contribution in [2.75, 3.05) is 12.3 Å². The van der Waals surface area contributed by atoms with Crippen LogP contribution in [0.15, 0.2) is 22.7 Å². The lowest BCUT2D eigenvalue weighted by Crippen LogP contribution is -2.18. The third-order valence-corrected chi connectivity index (χ3v) is 3.47. The molecule has 0 fully saturated rings. The van der Waals surface area contributed by atoms with Gasteiger partial charge in [0.1, 0.15) is 0 Å². The summed E-state index contributed by atoms with van der Waals surface area (Å²) >= 11 is 9.21. The molecule has 96 valence electrons. The number of halogens is 5. The molecule has 0 aromatic heterocycles. The zero-order valence-corrected chi connectivity index (χ0v) is 11.8. The van der Waals surface area contributed by atoms with E-state index in [0.717, 1.165) is 10.0 Å². The average molecular weight is 349 g/mol. The average Bonchev–Trinajstić information content (AvgIpc) is 2.21. The highest BCUT2D eigenvalue weighted by Crippen LogP contribution is 2.29. The monoisotopic (exact) mass is 347 g/mol. The fraction of sp³-hybridized carbons (Fsp3) is 0.400. The van der Waals surface area contributed by atoms with Crippen molar-refractivity contribution < 1.29 is 13.2 Å². The Kier molecular flexibility index (Phi) is 6.12. The lowest BCUT2D eigenvalue weighted by Gasteiger charge is -2.08. The first kappa shape index (κ1) is 15.1. The van der Waals surface area contributed by atoms with Crippen LogP contribution in [0.4, 0.5) is 13.2 Å². The second kappa shape index (κ2) is 6.87. The van der Waals surface area contributed by atoms with E-state index in [0.29, 0.717) is 11.6 Å². The van der Waals surface area contributed by atoms with Crippen molar-refractivity contribution in [3.05, 3.63) is 33.3 Å². The summed E-state index contributed by atoms with van der Waals surface area (Å²) < 4.78 is 36.4. The molecule has 0 radical (unpaired) electrons. The smallest absolute Gasteiger partial charge is 0.312 e. The van der Waals surface area contributed by atoms with Crippen LogP contribution in [0.25, 0.3) is 0 Å². The van der Waals surface area contributed by atoms with Crippen molar-refractivity contribution in [3.63, 3.8) is 0 Å². The Labute approximate surface area is 115 Å². The Hall–Kier alpha value is 0.0900. The van der Waals surface area contributed by atoms with Crippen LogP contribution in [0, 0.1) is 0 Å². The van der Waals surface area contributed by atoms with Crippen LogP contribution in [0.3, 0.4) is 0 Å². The minimum atomic E-state index is -4.16. The van der Waals surface area contributed by atoms with Crippen LogP contribution < -0.4 is 5.32 Å². The Morgan fingerprint density at radius 3 is 2.71 bits per heavy atom. The molecular formula is C10H10BrClF3NS. The lowest BCUT2D eigenvalue weighted by atomic mass is 10.2.